The standard InChI is InChI=1S/C104H72N10O2/c115-103(75-45-41-71(42-46-75)99-89-61-57-85(109-89)95(67-29-13-3-14-30-67)81-53-49-77(105-81)93(65-25-9-1-10-26-65)78-50-54-82(106-78)96(68-31-15-4-16-32-68)86-58-62-90(99)110-86)113-101(73-37-21-7-22-38-73)102(74-39-23-8-24-40-74)114-104(116)76-47-43-72(44-48-76)100-91-63-59-87(111-91)97(69-33-17-5-18-34-69)83-55-51-79(107-83)94(66-27-11-2-12-28-66)80-52-56-84(108-80)98(70-35-19-6-20-36-70)88-60-64-92(100)112-88/h1-64,101-102,105,107,110,112H,(H,113,115)(H,114,116)/t101-,102-/m1/s1. The van der Waals surface area contributed by atoms with Gasteiger partial charge in [-0.3, -0.25) is 9.59 Å². The number of hydrogen-bond donors (Lipinski definition) is 6. The van der Waals surface area contributed by atoms with Crippen molar-refractivity contribution in [2.45, 2.75) is 12.1 Å². The molecule has 116 heavy (non-hydrogen) atoms. The highest BCUT2D eigenvalue weighted by atomic mass is 16.2. The third-order valence-corrected chi connectivity index (χ3v) is 22.0. The first-order valence-corrected chi connectivity index (χ1v) is 38.9. The van der Waals surface area contributed by atoms with Crippen LogP contribution in [0.1, 0.15) is 89.5 Å². The van der Waals surface area contributed by atoms with Gasteiger partial charge in [-0.05, 0) is 177 Å². The van der Waals surface area contributed by atoms with E-state index in [0.29, 0.717) is 11.1 Å². The number of carbonyl (C=O) groups is 2. The van der Waals surface area contributed by atoms with E-state index < -0.39 is 12.1 Å². The molecule has 2 atom stereocenters. The van der Waals surface area contributed by atoms with Crippen molar-refractivity contribution in [2.75, 3.05) is 0 Å². The molecule has 12 nitrogen and oxygen atoms in total. The van der Waals surface area contributed by atoms with Crippen LogP contribution < -0.4 is 10.6 Å². The average Bonchev–Trinajstić information content (AvgIpc) is 1.61. The Morgan fingerprint density at radius 1 is 0.198 bits per heavy atom. The number of carbonyl (C=O) groups excluding carboxylic acids is 2. The second-order valence-electron chi connectivity index (χ2n) is 29.1. The molecule has 0 radical (unpaired) electrons. The quantitative estimate of drug-likeness (QED) is 0.0596. The molecule has 10 heterocycles. The topological polar surface area (TPSA) is 173 Å². The molecule has 12 heteroatoms. The summed E-state index contributed by atoms with van der Waals surface area (Å²) in [6.07, 6.45) is 16.8. The lowest BCUT2D eigenvalue weighted by molar-refractivity contribution is 0.0881. The van der Waals surface area contributed by atoms with E-state index in [4.69, 9.17) is 19.9 Å². The van der Waals surface area contributed by atoms with Crippen LogP contribution >= 0.6 is 0 Å². The van der Waals surface area contributed by atoms with E-state index in [2.05, 4.69) is 273 Å². The number of benzene rings is 10. The Bertz CT molecular complexity index is 6490. The molecule has 10 aromatic carbocycles. The maximum Gasteiger partial charge on any atom is 0.251 e. The third kappa shape index (κ3) is 13.3. The summed E-state index contributed by atoms with van der Waals surface area (Å²) in [4.78, 5) is 68.2. The van der Waals surface area contributed by atoms with Gasteiger partial charge in [0.15, 0.2) is 0 Å². The summed E-state index contributed by atoms with van der Waals surface area (Å²) in [5.74, 6) is -0.663. The molecular formula is C104H72N10O2. The van der Waals surface area contributed by atoms with Gasteiger partial charge in [0.2, 0.25) is 0 Å². The zero-order valence-electron chi connectivity index (χ0n) is 62.7. The van der Waals surface area contributed by atoms with E-state index in [1.807, 2.05) is 146 Å². The molecule has 20 rings (SSSR count). The lowest BCUT2D eigenvalue weighted by Gasteiger charge is -2.30. The van der Waals surface area contributed by atoms with Crippen LogP contribution in [-0.4, -0.2) is 51.7 Å². The fraction of sp³-hybridized carbons (Fsp3) is 0.0192. The molecule has 6 aromatic heterocycles. The number of aromatic nitrogens is 8. The SMILES string of the molecule is O=C(N[C@H](c1ccccc1)[C@H](NC(=O)c1ccc(-c2c3nc(c(-c4ccccc4)c4ccc([nH]4)c(-c4ccccc4)c4nc(c(-c5ccccc5)c5ccc2[nH]5)C=C4)C=C3)cc1)c1ccccc1)c1ccc(-c2c3nc(c(-c4ccccc4)c4ccc([nH]4)c(-c4ccccc4)c4nc(c(-c5ccccc5)c5ccc2[nH]5)C=C4)C=C3)cc1. The Kier molecular flexibility index (Phi) is 18.1. The molecule has 4 aliphatic heterocycles. The van der Waals surface area contributed by atoms with E-state index in [1.54, 1.807) is 0 Å². The highest BCUT2D eigenvalue weighted by Gasteiger charge is 2.31. The number of fused-ring (bicyclic) bond motifs is 16. The Labute approximate surface area is 669 Å². The van der Waals surface area contributed by atoms with Gasteiger partial charge in [-0.25, -0.2) is 19.9 Å². The first-order chi connectivity index (χ1) is 57.3. The minimum absolute atomic E-state index is 0.332. The lowest BCUT2D eigenvalue weighted by atomic mass is 9.92. The molecule has 0 unspecified atom stereocenters. The Morgan fingerprint density at radius 3 is 0.543 bits per heavy atom. The van der Waals surface area contributed by atoms with Crippen LogP contribution in [0.5, 0.6) is 0 Å². The van der Waals surface area contributed by atoms with Gasteiger partial charge in [0, 0.05) is 99.8 Å². The normalized spacial score (nSPS) is 12.5. The lowest BCUT2D eigenvalue weighted by Crippen LogP contribution is -2.40. The van der Waals surface area contributed by atoms with Crippen molar-refractivity contribution in [2.24, 2.45) is 0 Å². The fourth-order valence-corrected chi connectivity index (χ4v) is 16.5. The van der Waals surface area contributed by atoms with E-state index in [9.17, 15) is 0 Å². The zero-order valence-corrected chi connectivity index (χ0v) is 62.7. The monoisotopic (exact) mass is 1490 g/mol. The summed E-state index contributed by atoms with van der Waals surface area (Å²) in [5, 5.41) is 6.88. The van der Waals surface area contributed by atoms with Crippen LogP contribution in [-0.2, 0) is 0 Å². The first-order valence-electron chi connectivity index (χ1n) is 38.9. The molecule has 0 spiro atoms. The number of nitrogens with zero attached hydrogens (tertiary/aromatic N) is 4. The molecule has 16 aromatic rings. The molecule has 16 bridgehead atoms. The van der Waals surface area contributed by atoms with Gasteiger partial charge in [-0.15, -0.1) is 0 Å². The van der Waals surface area contributed by atoms with Crippen molar-refractivity contribution < 1.29 is 9.59 Å². The van der Waals surface area contributed by atoms with Crippen LogP contribution in [0.2, 0.25) is 0 Å². The van der Waals surface area contributed by atoms with Crippen LogP contribution in [0.4, 0.5) is 0 Å². The van der Waals surface area contributed by atoms with Gasteiger partial charge in [0.25, 0.3) is 11.8 Å². The summed E-state index contributed by atoms with van der Waals surface area (Å²) < 4.78 is 0. The molecule has 0 aliphatic carbocycles. The van der Waals surface area contributed by atoms with Crippen molar-refractivity contribution in [1.82, 2.24) is 50.5 Å². The van der Waals surface area contributed by atoms with Crippen molar-refractivity contribution in [3.05, 3.63) is 408 Å². The summed E-state index contributed by atoms with van der Waals surface area (Å²) >= 11 is 0. The van der Waals surface area contributed by atoms with Gasteiger partial charge in [-0.1, -0.05) is 267 Å². The molecule has 0 saturated heterocycles. The minimum Gasteiger partial charge on any atom is -0.354 e. The van der Waals surface area contributed by atoms with Crippen LogP contribution in [0, 0.1) is 0 Å². The predicted molar refractivity (Wildman–Crippen MR) is 475 cm³/mol. The Morgan fingerprint density at radius 2 is 0.362 bits per heavy atom. The van der Waals surface area contributed by atoms with Gasteiger partial charge in [0.1, 0.15) is 0 Å². The second-order valence-corrected chi connectivity index (χ2v) is 29.1. The van der Waals surface area contributed by atoms with Gasteiger partial charge in [0.05, 0.1) is 57.6 Å². The van der Waals surface area contributed by atoms with Crippen LogP contribution in [0.15, 0.2) is 340 Å². The number of amides is 2. The van der Waals surface area contributed by atoms with Gasteiger partial charge < -0.3 is 30.6 Å². The Hall–Kier alpha value is -15.7. The van der Waals surface area contributed by atoms with Crippen LogP contribution in [0.25, 0.3) is 182 Å². The summed E-state index contributed by atoms with van der Waals surface area (Å²) in [6.45, 7) is 0. The van der Waals surface area contributed by atoms with Gasteiger partial charge >= 0.3 is 0 Å². The van der Waals surface area contributed by atoms with Crippen molar-refractivity contribution in [3.8, 4) is 89.0 Å². The van der Waals surface area contributed by atoms with E-state index >= 15 is 9.59 Å². The summed E-state index contributed by atoms with van der Waals surface area (Å²) in [6, 6.07) is 113. The molecule has 4 aliphatic rings. The molecule has 550 valence electrons. The smallest absolute Gasteiger partial charge is 0.251 e. The predicted octanol–water partition coefficient (Wildman–Crippen LogP) is 24.6. The molecular weight excluding hydrogens is 1420 g/mol. The number of aromatic amines is 4. The second kappa shape index (κ2) is 30.2. The summed E-state index contributed by atoms with van der Waals surface area (Å²) in [5.41, 5.74) is 30.9. The number of hydrogen-bond acceptors (Lipinski definition) is 6. The molecule has 0 saturated carbocycles. The van der Waals surface area contributed by atoms with E-state index in [0.717, 1.165) is 190 Å². The van der Waals surface area contributed by atoms with Crippen molar-refractivity contribution >= 4 is 105 Å². The largest absolute Gasteiger partial charge is 0.354 e. The minimum atomic E-state index is -0.752. The van der Waals surface area contributed by atoms with E-state index in [1.165, 1.54) is 0 Å². The third-order valence-electron chi connectivity index (χ3n) is 22.0. The van der Waals surface area contributed by atoms with Crippen molar-refractivity contribution in [1.29, 1.82) is 0 Å². The van der Waals surface area contributed by atoms with E-state index in [-0.39, 0.29) is 11.8 Å². The first kappa shape index (κ1) is 69.5. The highest BCUT2D eigenvalue weighted by Crippen LogP contribution is 2.43. The molecule has 2 amide bonds. The summed E-state index contributed by atoms with van der Waals surface area (Å²) in [7, 11) is 0. The maximum absolute atomic E-state index is 15.4. The number of nitrogens with one attached hydrogen (secondary N) is 6. The fourth-order valence-electron chi connectivity index (χ4n) is 16.5. The Balaban J connectivity index is 0.671. The van der Waals surface area contributed by atoms with Crippen molar-refractivity contribution in [3.63, 3.8) is 0 Å². The molecule has 0 fully saturated rings. The average molecular weight is 1490 g/mol. The zero-order chi connectivity index (χ0) is 77.4. The highest BCUT2D eigenvalue weighted by molar-refractivity contribution is 6.04. The number of H-pyrrole nitrogens is 4. The number of rotatable bonds is 15. The van der Waals surface area contributed by atoms with Crippen LogP contribution in [0.3, 0.4) is 0 Å². The maximum atomic E-state index is 15.4. The van der Waals surface area contributed by atoms with Gasteiger partial charge in [-0.2, -0.15) is 0 Å². The molecule has 6 N–H and O–H groups in total.